The van der Waals surface area contributed by atoms with E-state index in [4.69, 9.17) is 15.2 Å². The maximum atomic E-state index is 14.3. The molecule has 2 aromatic rings. The number of anilines is 2. The van der Waals surface area contributed by atoms with Crippen molar-refractivity contribution in [2.24, 2.45) is 0 Å². The van der Waals surface area contributed by atoms with Gasteiger partial charge >= 0.3 is 6.09 Å². The second-order valence-corrected chi connectivity index (χ2v) is 8.71. The van der Waals surface area contributed by atoms with Crippen molar-refractivity contribution in [1.82, 2.24) is 14.3 Å². The zero-order valence-electron chi connectivity index (χ0n) is 17.1. The molecule has 3 rings (SSSR count). The summed E-state index contributed by atoms with van der Waals surface area (Å²) >= 11 is 1.05. The van der Waals surface area contributed by atoms with Crippen molar-refractivity contribution >= 4 is 34.2 Å². The monoisotopic (exact) mass is 437 g/mol. The molecule has 1 fully saturated rings. The highest BCUT2D eigenvalue weighted by molar-refractivity contribution is 7.10. The lowest BCUT2D eigenvalue weighted by molar-refractivity contribution is 0.0273. The molecule has 1 aliphatic rings. The van der Waals surface area contributed by atoms with Crippen LogP contribution in [0.5, 0.6) is 5.88 Å². The highest BCUT2D eigenvalue weighted by atomic mass is 32.1. The van der Waals surface area contributed by atoms with Gasteiger partial charge in [0.1, 0.15) is 10.6 Å². The number of nitrogens with zero attached hydrogens (tertiary/aromatic N) is 3. The van der Waals surface area contributed by atoms with Crippen LogP contribution in [-0.2, 0) is 4.74 Å². The fourth-order valence-electron chi connectivity index (χ4n) is 2.86. The molecular weight excluding hydrogens is 413 g/mol. The number of carbonyl (C=O) groups excluding carboxylic acids is 2. The molecular formula is C19H24FN5O4S. The molecule has 0 bridgehead atoms. The normalized spacial score (nSPS) is 18.9. The largest absolute Gasteiger partial charge is 0.469 e. The number of pyridine rings is 1. The van der Waals surface area contributed by atoms with Crippen molar-refractivity contribution in [3.05, 3.63) is 29.6 Å². The van der Waals surface area contributed by atoms with Gasteiger partial charge in [0.2, 0.25) is 5.88 Å². The fraction of sp³-hybridized carbons (Fsp3) is 0.474. The summed E-state index contributed by atoms with van der Waals surface area (Å²) in [6.45, 7) is 6.89. The molecule has 0 aliphatic carbocycles. The van der Waals surface area contributed by atoms with Crippen LogP contribution in [0.4, 0.5) is 19.9 Å². The number of rotatable bonds is 4. The van der Waals surface area contributed by atoms with E-state index in [9.17, 15) is 14.0 Å². The Morgan fingerprint density at radius 3 is 2.63 bits per heavy atom. The van der Waals surface area contributed by atoms with E-state index in [1.54, 1.807) is 33.8 Å². The van der Waals surface area contributed by atoms with Crippen LogP contribution in [0.1, 0.15) is 36.8 Å². The third-order valence-electron chi connectivity index (χ3n) is 4.23. The highest BCUT2D eigenvalue weighted by Crippen LogP contribution is 2.24. The zero-order chi connectivity index (χ0) is 22.1. The van der Waals surface area contributed by atoms with Gasteiger partial charge in [0, 0.05) is 6.07 Å². The van der Waals surface area contributed by atoms with Crippen molar-refractivity contribution in [2.45, 2.75) is 45.6 Å². The molecule has 1 saturated heterocycles. The number of alkyl halides is 1. The van der Waals surface area contributed by atoms with Crippen LogP contribution in [0.2, 0.25) is 0 Å². The van der Waals surface area contributed by atoms with E-state index in [1.807, 2.05) is 0 Å². The molecule has 2 atom stereocenters. The molecule has 2 aromatic heterocycles. The number of carbonyl (C=O) groups is 2. The topological polar surface area (TPSA) is 120 Å². The number of hydrogen-bond donors (Lipinski definition) is 2. The highest BCUT2D eigenvalue weighted by Gasteiger charge is 2.39. The number of nitrogens with one attached hydrogen (secondary N) is 1. The van der Waals surface area contributed by atoms with Gasteiger partial charge in [-0.1, -0.05) is 0 Å². The number of ether oxygens (including phenoxy) is 2. The summed E-state index contributed by atoms with van der Waals surface area (Å²) in [7, 11) is 0. The molecule has 0 saturated carbocycles. The Morgan fingerprint density at radius 1 is 1.33 bits per heavy atom. The van der Waals surface area contributed by atoms with E-state index in [0.717, 1.165) is 11.5 Å². The number of nitrogens with two attached hydrogens (primary N) is 1. The molecule has 11 heteroatoms. The maximum Gasteiger partial charge on any atom is 0.410 e. The van der Waals surface area contributed by atoms with Gasteiger partial charge < -0.3 is 25.4 Å². The lowest BCUT2D eigenvalue weighted by atomic mass is 10.2. The van der Waals surface area contributed by atoms with Crippen molar-refractivity contribution in [3.63, 3.8) is 0 Å². The SMILES string of the molecule is Cc1nsc(N)c1C(=O)Nc1ccc(OC2CN(C(=O)OC(C)(C)C)CC2F)nc1. The van der Waals surface area contributed by atoms with Crippen LogP contribution < -0.4 is 15.8 Å². The van der Waals surface area contributed by atoms with Gasteiger partial charge in [-0.05, 0) is 45.3 Å². The second-order valence-electron chi connectivity index (χ2n) is 7.90. The lowest BCUT2D eigenvalue weighted by Crippen LogP contribution is -2.36. The predicted molar refractivity (Wildman–Crippen MR) is 111 cm³/mol. The van der Waals surface area contributed by atoms with E-state index in [-0.39, 0.29) is 24.9 Å². The van der Waals surface area contributed by atoms with Gasteiger partial charge in [-0.2, -0.15) is 4.37 Å². The summed E-state index contributed by atoms with van der Waals surface area (Å²) in [4.78, 5) is 29.8. The number of aryl methyl sites for hydroxylation is 1. The Balaban J connectivity index is 1.58. The van der Waals surface area contributed by atoms with Gasteiger partial charge in [0.05, 0.1) is 36.2 Å². The zero-order valence-corrected chi connectivity index (χ0v) is 18.0. The third kappa shape index (κ3) is 5.15. The third-order valence-corrected chi connectivity index (χ3v) is 5.00. The van der Waals surface area contributed by atoms with Crippen molar-refractivity contribution in [3.8, 4) is 5.88 Å². The van der Waals surface area contributed by atoms with Crippen LogP contribution in [-0.4, -0.2) is 57.2 Å². The minimum Gasteiger partial charge on any atom is -0.469 e. The molecule has 2 amide bonds. The molecule has 3 heterocycles. The maximum absolute atomic E-state index is 14.3. The Morgan fingerprint density at radius 2 is 2.07 bits per heavy atom. The van der Waals surface area contributed by atoms with Gasteiger partial charge in [-0.3, -0.25) is 4.79 Å². The second kappa shape index (κ2) is 8.42. The number of likely N-dealkylation sites (tertiary alicyclic amines) is 1. The lowest BCUT2D eigenvalue weighted by Gasteiger charge is -2.24. The molecule has 9 nitrogen and oxygen atoms in total. The van der Waals surface area contributed by atoms with Crippen LogP contribution in [0.15, 0.2) is 18.3 Å². The first-order valence-corrected chi connectivity index (χ1v) is 10.1. The first-order chi connectivity index (χ1) is 14.0. The van der Waals surface area contributed by atoms with E-state index < -0.39 is 24.0 Å². The van der Waals surface area contributed by atoms with Crippen molar-refractivity contribution in [2.75, 3.05) is 24.1 Å². The van der Waals surface area contributed by atoms with E-state index >= 15 is 0 Å². The van der Waals surface area contributed by atoms with E-state index in [2.05, 4.69) is 14.7 Å². The molecule has 30 heavy (non-hydrogen) atoms. The summed E-state index contributed by atoms with van der Waals surface area (Å²) in [5.41, 5.74) is 6.42. The van der Waals surface area contributed by atoms with Gasteiger partial charge in [0.25, 0.3) is 5.91 Å². The van der Waals surface area contributed by atoms with E-state index in [1.165, 1.54) is 17.2 Å². The average Bonchev–Trinajstić information content (AvgIpc) is 3.17. The summed E-state index contributed by atoms with van der Waals surface area (Å²) in [5.74, 6) is -0.207. The standard InChI is InChI=1S/C19H24FN5O4S/c1-10-15(16(21)30-24-10)17(26)23-11-5-6-14(22-7-11)28-13-9-25(8-12(13)20)18(27)29-19(2,3)4/h5-7,12-13H,8-9,21H2,1-4H3,(H,23,26). The summed E-state index contributed by atoms with van der Waals surface area (Å²) < 4.78 is 29.2. The van der Waals surface area contributed by atoms with Crippen LogP contribution in [0.25, 0.3) is 0 Å². The Labute approximate surface area is 177 Å². The minimum atomic E-state index is -1.37. The number of aromatic nitrogens is 2. The molecule has 0 aromatic carbocycles. The average molecular weight is 437 g/mol. The Kier molecular flexibility index (Phi) is 6.11. The molecule has 2 unspecified atom stereocenters. The fourth-order valence-corrected chi connectivity index (χ4v) is 3.52. The number of hydrogen-bond acceptors (Lipinski definition) is 8. The summed E-state index contributed by atoms with van der Waals surface area (Å²) in [6, 6.07) is 3.10. The van der Waals surface area contributed by atoms with Crippen LogP contribution >= 0.6 is 11.5 Å². The first-order valence-electron chi connectivity index (χ1n) is 9.31. The van der Waals surface area contributed by atoms with Crippen molar-refractivity contribution < 1.29 is 23.5 Å². The number of halogens is 1. The molecule has 0 spiro atoms. The summed E-state index contributed by atoms with van der Waals surface area (Å²) in [5, 5.41) is 3.02. The van der Waals surface area contributed by atoms with Crippen molar-refractivity contribution in [1.29, 1.82) is 0 Å². The molecule has 162 valence electrons. The quantitative estimate of drug-likeness (QED) is 0.754. The van der Waals surface area contributed by atoms with Gasteiger partial charge in [-0.15, -0.1) is 0 Å². The van der Waals surface area contributed by atoms with Crippen LogP contribution in [0.3, 0.4) is 0 Å². The van der Waals surface area contributed by atoms with Gasteiger partial charge in [-0.25, -0.2) is 14.2 Å². The molecule has 1 aliphatic heterocycles. The Bertz CT molecular complexity index is 908. The summed E-state index contributed by atoms with van der Waals surface area (Å²) in [6.07, 6.45) is -1.41. The van der Waals surface area contributed by atoms with Gasteiger partial charge in [0.15, 0.2) is 12.3 Å². The minimum absolute atomic E-state index is 0.0555. The predicted octanol–water partition coefficient (Wildman–Crippen LogP) is 3.02. The number of nitrogen functional groups attached to an aromatic ring is 1. The molecule has 3 N–H and O–H groups in total. The smallest absolute Gasteiger partial charge is 0.410 e. The van der Waals surface area contributed by atoms with Crippen LogP contribution in [0, 0.1) is 6.92 Å². The van der Waals surface area contributed by atoms with E-state index in [0.29, 0.717) is 21.9 Å². The Hall–Kier alpha value is -2.95. The number of amides is 2. The first kappa shape index (κ1) is 21.8. The molecule has 0 radical (unpaired) electrons.